The van der Waals surface area contributed by atoms with E-state index in [1.54, 1.807) is 0 Å². The Kier molecular flexibility index (Phi) is 2.71. The van der Waals surface area contributed by atoms with Gasteiger partial charge in [-0.15, -0.1) is 0 Å². The van der Waals surface area contributed by atoms with E-state index in [9.17, 15) is 4.79 Å². The number of fused-ring (bicyclic) bond motifs is 3. The molecule has 1 aliphatic carbocycles. The molecule has 3 heteroatoms. The van der Waals surface area contributed by atoms with Crippen LogP contribution in [0.4, 0.5) is 5.69 Å². The van der Waals surface area contributed by atoms with Crippen LogP contribution >= 0.6 is 15.9 Å². The molecule has 0 spiro atoms. The van der Waals surface area contributed by atoms with E-state index in [4.69, 9.17) is 0 Å². The van der Waals surface area contributed by atoms with Gasteiger partial charge < -0.3 is 5.32 Å². The summed E-state index contributed by atoms with van der Waals surface area (Å²) in [5, 5.41) is 2.91. The molecule has 1 N–H and O–H groups in total. The van der Waals surface area contributed by atoms with Crippen molar-refractivity contribution >= 4 is 27.5 Å². The molecular weight excluding hydrogens is 290 g/mol. The van der Waals surface area contributed by atoms with Gasteiger partial charge >= 0.3 is 0 Å². The Morgan fingerprint density at radius 3 is 2.78 bits per heavy atom. The van der Waals surface area contributed by atoms with Gasteiger partial charge in [-0.3, -0.25) is 4.79 Å². The van der Waals surface area contributed by atoms with Crippen LogP contribution in [0, 0.1) is 0 Å². The maximum Gasteiger partial charge on any atom is 0.221 e. The Bertz CT molecular complexity index is 649. The molecule has 0 unspecified atom stereocenters. The van der Waals surface area contributed by atoms with Crippen molar-refractivity contribution in [1.82, 2.24) is 0 Å². The van der Waals surface area contributed by atoms with Crippen LogP contribution in [0.25, 0.3) is 11.1 Å². The van der Waals surface area contributed by atoms with Gasteiger partial charge in [-0.2, -0.15) is 0 Å². The number of amides is 1. The lowest BCUT2D eigenvalue weighted by molar-refractivity contribution is -0.114. The smallest absolute Gasteiger partial charge is 0.221 e. The molecule has 3 rings (SSSR count). The molecule has 2 nitrogen and oxygen atoms in total. The van der Waals surface area contributed by atoms with Crippen molar-refractivity contribution in [1.29, 1.82) is 0 Å². The van der Waals surface area contributed by atoms with Gasteiger partial charge in [0.1, 0.15) is 0 Å². The summed E-state index contributed by atoms with van der Waals surface area (Å²) >= 11 is 3.60. The highest BCUT2D eigenvalue weighted by atomic mass is 79.9. The van der Waals surface area contributed by atoms with E-state index in [-0.39, 0.29) is 5.91 Å². The van der Waals surface area contributed by atoms with E-state index in [1.165, 1.54) is 29.2 Å². The van der Waals surface area contributed by atoms with Crippen LogP contribution in [0.15, 0.2) is 40.9 Å². The van der Waals surface area contributed by atoms with E-state index >= 15 is 0 Å². The van der Waals surface area contributed by atoms with Gasteiger partial charge in [-0.05, 0) is 28.8 Å². The third-order valence-electron chi connectivity index (χ3n) is 3.23. The van der Waals surface area contributed by atoms with Crippen molar-refractivity contribution in [3.63, 3.8) is 0 Å². The van der Waals surface area contributed by atoms with E-state index in [2.05, 4.69) is 39.4 Å². The number of halogens is 1. The van der Waals surface area contributed by atoms with Gasteiger partial charge in [0.25, 0.3) is 0 Å². The Labute approximate surface area is 114 Å². The lowest BCUT2D eigenvalue weighted by Crippen LogP contribution is -2.07. The minimum atomic E-state index is -0.0320. The maximum absolute atomic E-state index is 11.2. The number of rotatable bonds is 1. The Hall–Kier alpha value is -1.61. The summed E-state index contributed by atoms with van der Waals surface area (Å²) in [7, 11) is 0. The largest absolute Gasteiger partial charge is 0.326 e. The minimum absolute atomic E-state index is 0.0320. The first-order valence-electron chi connectivity index (χ1n) is 5.84. The molecule has 90 valence electrons. The van der Waals surface area contributed by atoms with Crippen LogP contribution in [0.1, 0.15) is 18.1 Å². The van der Waals surface area contributed by atoms with E-state index in [0.29, 0.717) is 0 Å². The molecule has 0 aromatic heterocycles. The molecule has 0 saturated carbocycles. The Balaban J connectivity index is 2.20. The number of benzene rings is 2. The SMILES string of the molecule is CC(=O)Nc1ccc(Br)c2c1Cc1ccccc1-2. The summed E-state index contributed by atoms with van der Waals surface area (Å²) in [6.07, 6.45) is 0.876. The molecule has 18 heavy (non-hydrogen) atoms. The fourth-order valence-electron chi connectivity index (χ4n) is 2.51. The second-order valence-electron chi connectivity index (χ2n) is 4.46. The third kappa shape index (κ3) is 1.75. The zero-order valence-electron chi connectivity index (χ0n) is 9.96. The van der Waals surface area contributed by atoms with Crippen LogP contribution in [-0.4, -0.2) is 5.91 Å². The topological polar surface area (TPSA) is 29.1 Å². The first-order valence-corrected chi connectivity index (χ1v) is 6.63. The zero-order valence-corrected chi connectivity index (χ0v) is 11.5. The van der Waals surface area contributed by atoms with Gasteiger partial charge in [-0.25, -0.2) is 0 Å². The highest BCUT2D eigenvalue weighted by Crippen LogP contribution is 2.44. The van der Waals surface area contributed by atoms with E-state index in [0.717, 1.165) is 16.6 Å². The lowest BCUT2D eigenvalue weighted by Gasteiger charge is -2.10. The van der Waals surface area contributed by atoms with Gasteiger partial charge in [0.05, 0.1) is 0 Å². The summed E-state index contributed by atoms with van der Waals surface area (Å²) in [5.74, 6) is -0.0320. The molecule has 0 heterocycles. The van der Waals surface area contributed by atoms with Crippen LogP contribution in [0.5, 0.6) is 0 Å². The van der Waals surface area contributed by atoms with E-state index < -0.39 is 0 Å². The quantitative estimate of drug-likeness (QED) is 0.724. The highest BCUT2D eigenvalue weighted by Gasteiger charge is 2.23. The van der Waals surface area contributed by atoms with Crippen molar-refractivity contribution in [3.8, 4) is 11.1 Å². The van der Waals surface area contributed by atoms with Crippen LogP contribution in [0.3, 0.4) is 0 Å². The first-order chi connectivity index (χ1) is 8.66. The molecular formula is C15H12BrNO. The predicted octanol–water partition coefficient (Wildman–Crippen LogP) is 3.98. The number of hydrogen-bond donors (Lipinski definition) is 1. The molecule has 0 aliphatic heterocycles. The second-order valence-corrected chi connectivity index (χ2v) is 5.32. The average molecular weight is 302 g/mol. The van der Waals surface area contributed by atoms with Crippen molar-refractivity contribution < 1.29 is 4.79 Å². The Morgan fingerprint density at radius 2 is 2.00 bits per heavy atom. The average Bonchev–Trinajstić information content (AvgIpc) is 2.72. The first kappa shape index (κ1) is 11.5. The molecule has 0 atom stereocenters. The summed E-state index contributed by atoms with van der Waals surface area (Å²) in [4.78, 5) is 11.2. The van der Waals surface area contributed by atoms with Gasteiger partial charge in [0.2, 0.25) is 5.91 Å². The lowest BCUT2D eigenvalue weighted by atomic mass is 10.0. The van der Waals surface area contributed by atoms with E-state index in [1.807, 2.05) is 18.2 Å². The number of carbonyl (C=O) groups excluding carboxylic acids is 1. The molecule has 1 amide bonds. The van der Waals surface area contributed by atoms with Crippen LogP contribution < -0.4 is 5.32 Å². The van der Waals surface area contributed by atoms with Crippen molar-refractivity contribution in [2.75, 3.05) is 5.32 Å². The van der Waals surface area contributed by atoms with Gasteiger partial charge in [0, 0.05) is 29.1 Å². The molecule has 0 saturated heterocycles. The standard InChI is InChI=1S/C15H12BrNO/c1-9(18)17-14-7-6-13(16)15-11-5-3-2-4-10(11)8-12(14)15/h2-7H,8H2,1H3,(H,17,18). The summed E-state index contributed by atoms with van der Waals surface area (Å²) in [5.41, 5.74) is 5.88. The summed E-state index contributed by atoms with van der Waals surface area (Å²) < 4.78 is 1.08. The highest BCUT2D eigenvalue weighted by molar-refractivity contribution is 9.10. The van der Waals surface area contributed by atoms with Gasteiger partial charge in [-0.1, -0.05) is 40.2 Å². The molecule has 0 fully saturated rings. The fourth-order valence-corrected chi connectivity index (χ4v) is 3.09. The van der Waals surface area contributed by atoms with Crippen LogP contribution in [-0.2, 0) is 11.2 Å². The summed E-state index contributed by atoms with van der Waals surface area (Å²) in [6, 6.07) is 12.3. The van der Waals surface area contributed by atoms with Crippen molar-refractivity contribution in [2.45, 2.75) is 13.3 Å². The number of anilines is 1. The summed E-state index contributed by atoms with van der Waals surface area (Å²) in [6.45, 7) is 1.54. The van der Waals surface area contributed by atoms with Crippen molar-refractivity contribution in [2.24, 2.45) is 0 Å². The fraction of sp³-hybridized carbons (Fsp3) is 0.133. The zero-order chi connectivity index (χ0) is 12.7. The van der Waals surface area contributed by atoms with Gasteiger partial charge in [0.15, 0.2) is 0 Å². The molecule has 0 radical (unpaired) electrons. The molecule has 2 aromatic carbocycles. The van der Waals surface area contributed by atoms with Crippen LogP contribution in [0.2, 0.25) is 0 Å². The number of carbonyl (C=O) groups is 1. The number of hydrogen-bond acceptors (Lipinski definition) is 1. The molecule has 1 aliphatic rings. The molecule has 2 aromatic rings. The Morgan fingerprint density at radius 1 is 1.22 bits per heavy atom. The second kappa shape index (κ2) is 4.25. The normalized spacial score (nSPS) is 11.9. The monoisotopic (exact) mass is 301 g/mol. The number of nitrogens with one attached hydrogen (secondary N) is 1. The minimum Gasteiger partial charge on any atom is -0.326 e. The third-order valence-corrected chi connectivity index (χ3v) is 3.89. The van der Waals surface area contributed by atoms with Crippen molar-refractivity contribution in [3.05, 3.63) is 52.0 Å². The predicted molar refractivity (Wildman–Crippen MR) is 76.7 cm³/mol. The maximum atomic E-state index is 11.2. The molecule has 0 bridgehead atoms.